The minimum atomic E-state index is -1.28. The Bertz CT molecular complexity index is 2690. The minimum Gasteiger partial charge on any atom is -0.480 e. The number of hydrogen-bond acceptors (Lipinski definition) is 12. The van der Waals surface area contributed by atoms with Crippen molar-refractivity contribution in [2.45, 2.75) is 64.7 Å². The summed E-state index contributed by atoms with van der Waals surface area (Å²) in [6, 6.07) is 20.9. The number of nitrogen functional groups attached to an aromatic ring is 2. The number of carboxylic acids is 1. The maximum absolute atomic E-state index is 12.9. The molecule has 2 amide bonds. The van der Waals surface area contributed by atoms with Crippen molar-refractivity contribution < 1.29 is 19.5 Å². The van der Waals surface area contributed by atoms with Gasteiger partial charge in [0.25, 0.3) is 11.5 Å². The van der Waals surface area contributed by atoms with Crippen LogP contribution in [0.15, 0.2) is 83.8 Å². The standard InChI is InChI=1S/C41H42N12O5/c1-2-3-8-31-50-33-35(28-6-4-5-7-29(28)48-36(33)42)53(31)22-24-11-9-23(10-12-24)19-45-32(54)18-17-30(40(57)58)49-38(55)25-13-15-26(16-14-25)44-20-27-21-46-37-34(47-27)39(56)52-41(43)51-37/h4-7,9-16,21,30,44H,2-3,8,17-20,22H2,1H3,(H2,42,48)(H,45,54)(H,49,55)(H,57,58)(H3,43,46,51,52,56). The van der Waals surface area contributed by atoms with E-state index in [2.05, 4.69) is 52.4 Å². The number of anilines is 3. The number of unbranched alkanes of at least 4 members (excludes halogenated alkanes) is 1. The molecule has 1 unspecified atom stereocenters. The van der Waals surface area contributed by atoms with Crippen LogP contribution in [0.2, 0.25) is 0 Å². The fraction of sp³-hybridized carbons (Fsp3) is 0.244. The molecule has 3 aromatic carbocycles. The first-order valence-corrected chi connectivity index (χ1v) is 18.8. The lowest BCUT2D eigenvalue weighted by Crippen LogP contribution is -2.41. The first-order chi connectivity index (χ1) is 28.1. The number of imidazole rings is 1. The highest BCUT2D eigenvalue weighted by molar-refractivity contribution is 6.06. The number of nitrogens with two attached hydrogens (primary N) is 2. The molecule has 0 fully saturated rings. The fourth-order valence-electron chi connectivity index (χ4n) is 6.60. The summed E-state index contributed by atoms with van der Waals surface area (Å²) in [6.45, 7) is 3.21. The van der Waals surface area contributed by atoms with Crippen molar-refractivity contribution in [3.05, 3.63) is 118 Å². The van der Waals surface area contributed by atoms with Crippen LogP contribution >= 0.6 is 0 Å². The van der Waals surface area contributed by atoms with Crippen molar-refractivity contribution >= 4 is 68.3 Å². The lowest BCUT2D eigenvalue weighted by Gasteiger charge is -2.15. The number of carboxylic acid groups (broad SMARTS) is 1. The average molecular weight is 783 g/mol. The van der Waals surface area contributed by atoms with Gasteiger partial charge in [0.1, 0.15) is 17.4 Å². The molecule has 0 saturated carbocycles. The summed E-state index contributed by atoms with van der Waals surface area (Å²) in [4.78, 5) is 74.1. The Morgan fingerprint density at radius 2 is 1.66 bits per heavy atom. The summed E-state index contributed by atoms with van der Waals surface area (Å²) < 4.78 is 2.22. The molecule has 4 aromatic heterocycles. The van der Waals surface area contributed by atoms with Crippen molar-refractivity contribution in [1.82, 2.24) is 45.1 Å². The molecule has 58 heavy (non-hydrogen) atoms. The predicted molar refractivity (Wildman–Crippen MR) is 220 cm³/mol. The molecule has 1 atom stereocenters. The summed E-state index contributed by atoms with van der Waals surface area (Å²) in [7, 11) is 0. The third-order valence-corrected chi connectivity index (χ3v) is 9.67. The van der Waals surface area contributed by atoms with Crippen molar-refractivity contribution in [3.8, 4) is 0 Å². The lowest BCUT2D eigenvalue weighted by atomic mass is 10.1. The van der Waals surface area contributed by atoms with Crippen LogP contribution < -0.4 is 33.0 Å². The van der Waals surface area contributed by atoms with Crippen LogP contribution in [0.3, 0.4) is 0 Å². The number of rotatable bonds is 16. The molecular weight excluding hydrogens is 741 g/mol. The average Bonchev–Trinajstić information content (AvgIpc) is 3.59. The maximum Gasteiger partial charge on any atom is 0.326 e. The third kappa shape index (κ3) is 8.83. The highest BCUT2D eigenvalue weighted by atomic mass is 16.4. The molecular formula is C41H42N12O5. The predicted octanol–water partition coefficient (Wildman–Crippen LogP) is 4.06. The zero-order chi connectivity index (χ0) is 40.8. The molecule has 17 nitrogen and oxygen atoms in total. The quantitative estimate of drug-likeness (QED) is 0.0731. The number of nitrogens with one attached hydrogen (secondary N) is 4. The highest BCUT2D eigenvalue weighted by Crippen LogP contribution is 2.30. The minimum absolute atomic E-state index is 0.0522. The summed E-state index contributed by atoms with van der Waals surface area (Å²) in [5, 5.41) is 19.3. The monoisotopic (exact) mass is 782 g/mol. The molecule has 296 valence electrons. The van der Waals surface area contributed by atoms with Gasteiger partial charge in [0.05, 0.1) is 29.5 Å². The van der Waals surface area contributed by atoms with Crippen LogP contribution in [0.25, 0.3) is 33.1 Å². The third-order valence-electron chi connectivity index (χ3n) is 9.67. The van der Waals surface area contributed by atoms with Crippen molar-refractivity contribution in [3.63, 3.8) is 0 Å². The molecule has 0 bridgehead atoms. The van der Waals surface area contributed by atoms with Crippen molar-refractivity contribution in [2.75, 3.05) is 16.8 Å². The number of carbonyl (C=O) groups excluding carboxylic acids is 2. The summed E-state index contributed by atoms with van der Waals surface area (Å²) in [5.41, 5.74) is 17.4. The number of benzene rings is 3. The number of aromatic amines is 1. The highest BCUT2D eigenvalue weighted by Gasteiger charge is 2.22. The number of fused-ring (bicyclic) bond motifs is 4. The molecule has 7 rings (SSSR count). The maximum atomic E-state index is 12.9. The summed E-state index contributed by atoms with van der Waals surface area (Å²) >= 11 is 0. The SMILES string of the molecule is CCCCc1nc2c(N)nc3ccccc3c2n1Cc1ccc(CNC(=O)CCC(NC(=O)c2ccc(NCc3cnc4nc(N)[nH]c(=O)c4n3)cc2)C(=O)O)cc1. The molecule has 7 aromatic rings. The smallest absolute Gasteiger partial charge is 0.326 e. The largest absolute Gasteiger partial charge is 0.480 e. The second-order valence-electron chi connectivity index (χ2n) is 13.8. The molecule has 9 N–H and O–H groups in total. The number of pyridine rings is 1. The van der Waals surface area contributed by atoms with E-state index in [0.717, 1.165) is 52.6 Å². The van der Waals surface area contributed by atoms with Gasteiger partial charge in [-0.15, -0.1) is 0 Å². The first kappa shape index (κ1) is 38.8. The van der Waals surface area contributed by atoms with E-state index in [1.54, 1.807) is 12.1 Å². The van der Waals surface area contributed by atoms with Crippen LogP contribution in [0.5, 0.6) is 0 Å². The van der Waals surface area contributed by atoms with Gasteiger partial charge in [0.15, 0.2) is 17.0 Å². The Morgan fingerprint density at radius 3 is 2.41 bits per heavy atom. The van der Waals surface area contributed by atoms with E-state index in [-0.39, 0.29) is 54.5 Å². The Hall–Kier alpha value is -7.43. The van der Waals surface area contributed by atoms with Gasteiger partial charge in [-0.25, -0.2) is 24.7 Å². The number of H-pyrrole nitrogens is 1. The molecule has 0 spiro atoms. The van der Waals surface area contributed by atoms with E-state index < -0.39 is 23.5 Å². The van der Waals surface area contributed by atoms with Gasteiger partial charge in [-0.05, 0) is 54.3 Å². The van der Waals surface area contributed by atoms with E-state index >= 15 is 0 Å². The number of para-hydroxylation sites is 1. The number of aliphatic carboxylic acids is 1. The topological polar surface area (TPSA) is 262 Å². The van der Waals surface area contributed by atoms with Gasteiger partial charge in [-0.2, -0.15) is 4.98 Å². The first-order valence-electron chi connectivity index (χ1n) is 18.8. The second kappa shape index (κ2) is 17.2. The van der Waals surface area contributed by atoms with Gasteiger partial charge in [0, 0.05) is 42.6 Å². The Labute approximate surface area is 331 Å². The van der Waals surface area contributed by atoms with Gasteiger partial charge in [-0.1, -0.05) is 55.8 Å². The summed E-state index contributed by atoms with van der Waals surface area (Å²) in [6.07, 6.45) is 4.10. The van der Waals surface area contributed by atoms with Crippen molar-refractivity contribution in [2.24, 2.45) is 0 Å². The molecule has 4 heterocycles. The molecule has 0 saturated heterocycles. The Morgan fingerprint density at radius 1 is 0.897 bits per heavy atom. The second-order valence-corrected chi connectivity index (χ2v) is 13.8. The van der Waals surface area contributed by atoms with Crippen molar-refractivity contribution in [1.29, 1.82) is 0 Å². The molecule has 0 aliphatic heterocycles. The number of aryl methyl sites for hydroxylation is 1. The van der Waals surface area contributed by atoms with E-state index in [4.69, 9.17) is 16.5 Å². The van der Waals surface area contributed by atoms with Crippen LogP contribution in [0, 0.1) is 0 Å². The Balaban J connectivity index is 0.904. The van der Waals surface area contributed by atoms with E-state index in [0.29, 0.717) is 29.3 Å². The van der Waals surface area contributed by atoms with Gasteiger partial charge >= 0.3 is 5.97 Å². The molecule has 0 aliphatic rings. The van der Waals surface area contributed by atoms with Crippen LogP contribution in [0.4, 0.5) is 17.5 Å². The van der Waals surface area contributed by atoms with Crippen LogP contribution in [-0.2, 0) is 35.6 Å². The summed E-state index contributed by atoms with van der Waals surface area (Å²) in [5.74, 6) is -0.881. The number of carbonyl (C=O) groups is 3. The van der Waals surface area contributed by atoms with E-state index in [1.165, 1.54) is 18.3 Å². The van der Waals surface area contributed by atoms with Gasteiger partial charge in [0.2, 0.25) is 11.9 Å². The van der Waals surface area contributed by atoms with Gasteiger partial charge < -0.3 is 37.1 Å². The van der Waals surface area contributed by atoms with E-state index in [9.17, 15) is 24.3 Å². The lowest BCUT2D eigenvalue weighted by molar-refractivity contribution is -0.139. The molecule has 0 aliphatic carbocycles. The number of nitrogens with zero attached hydrogens (tertiary/aromatic N) is 6. The van der Waals surface area contributed by atoms with Crippen LogP contribution in [-0.4, -0.2) is 63.4 Å². The fourth-order valence-corrected chi connectivity index (χ4v) is 6.60. The Kier molecular flexibility index (Phi) is 11.5. The number of aromatic nitrogens is 7. The van der Waals surface area contributed by atoms with Crippen LogP contribution in [0.1, 0.15) is 65.6 Å². The number of amides is 2. The zero-order valence-electron chi connectivity index (χ0n) is 31.7. The zero-order valence-corrected chi connectivity index (χ0v) is 31.7. The van der Waals surface area contributed by atoms with Gasteiger partial charge in [-0.3, -0.25) is 19.4 Å². The normalized spacial score (nSPS) is 11.8. The van der Waals surface area contributed by atoms with E-state index in [1.807, 2.05) is 48.5 Å². The molecule has 17 heteroatoms. The molecule has 0 radical (unpaired) electrons. The number of hydrogen-bond donors (Lipinski definition) is 7.